The van der Waals surface area contributed by atoms with Crippen LogP contribution in [0, 0.1) is 0 Å². The molecule has 164 valence electrons. The molecule has 0 aliphatic heterocycles. The lowest BCUT2D eigenvalue weighted by molar-refractivity contribution is -0.401. The van der Waals surface area contributed by atoms with Crippen molar-refractivity contribution in [2.75, 3.05) is 5.75 Å². The Balaban J connectivity index is 5.52. The predicted molar refractivity (Wildman–Crippen MR) is 64.3 cm³/mol. The molecular formula is C10H8ClF13O2S. The molecule has 0 aromatic heterocycles. The summed E-state index contributed by atoms with van der Waals surface area (Å²) in [4.78, 5) is 0. The third-order valence-corrected chi connectivity index (χ3v) is 4.07. The van der Waals surface area contributed by atoms with E-state index in [9.17, 15) is 65.5 Å². The second-order valence-electron chi connectivity index (χ2n) is 5.41. The van der Waals surface area contributed by atoms with Crippen LogP contribution in [-0.2, 0) is 9.05 Å². The van der Waals surface area contributed by atoms with E-state index in [1.165, 1.54) is 0 Å². The Morgan fingerprint density at radius 1 is 0.630 bits per heavy atom. The average molecular weight is 475 g/mol. The van der Waals surface area contributed by atoms with Gasteiger partial charge in [0.05, 0.1) is 18.6 Å². The molecule has 0 atom stereocenters. The maximum atomic E-state index is 13.2. The van der Waals surface area contributed by atoms with Gasteiger partial charge in [-0.05, 0) is 0 Å². The van der Waals surface area contributed by atoms with Crippen LogP contribution >= 0.6 is 10.7 Å². The molecule has 0 fully saturated rings. The van der Waals surface area contributed by atoms with Crippen LogP contribution in [0.2, 0.25) is 0 Å². The van der Waals surface area contributed by atoms with E-state index in [4.69, 9.17) is 0 Å². The monoisotopic (exact) mass is 474 g/mol. The summed E-state index contributed by atoms with van der Waals surface area (Å²) in [5, 5.41) is 0. The molecule has 2 nitrogen and oxygen atoms in total. The van der Waals surface area contributed by atoms with E-state index < -0.39 is 69.9 Å². The van der Waals surface area contributed by atoms with Crippen LogP contribution in [0.15, 0.2) is 0 Å². The van der Waals surface area contributed by atoms with Crippen LogP contribution in [0.5, 0.6) is 0 Å². The molecule has 0 amide bonds. The van der Waals surface area contributed by atoms with Crippen molar-refractivity contribution in [2.45, 2.75) is 55.1 Å². The second kappa shape index (κ2) is 7.30. The number of rotatable bonds is 9. The summed E-state index contributed by atoms with van der Waals surface area (Å²) in [6, 6.07) is 0. The molecule has 0 N–H and O–H groups in total. The molecule has 0 saturated carbocycles. The number of hydrogen-bond donors (Lipinski definition) is 0. The molecule has 0 saturated heterocycles. The quantitative estimate of drug-likeness (QED) is 0.328. The van der Waals surface area contributed by atoms with Crippen LogP contribution in [0.25, 0.3) is 0 Å². The minimum Gasteiger partial charge on any atom is -0.212 e. The van der Waals surface area contributed by atoms with Gasteiger partial charge in [0.15, 0.2) is 0 Å². The summed E-state index contributed by atoms with van der Waals surface area (Å²) < 4.78 is 186. The van der Waals surface area contributed by atoms with E-state index in [1.54, 1.807) is 0 Å². The fourth-order valence-electron chi connectivity index (χ4n) is 1.64. The molecule has 27 heavy (non-hydrogen) atoms. The van der Waals surface area contributed by atoms with Crippen LogP contribution in [0.3, 0.4) is 0 Å². The standard InChI is InChI=1S/C10H8ClF13O2S/c11-27(25,26)2-1-5(12,13)3-6(14,15)4-7(16,17)8(18,19)9(20,21)10(22,23)24/h1-4H2. The molecule has 0 spiro atoms. The van der Waals surface area contributed by atoms with Gasteiger partial charge in [0.2, 0.25) is 9.05 Å². The lowest BCUT2D eigenvalue weighted by Gasteiger charge is -2.35. The highest BCUT2D eigenvalue weighted by Gasteiger charge is 2.82. The first-order valence-corrected chi connectivity index (χ1v) is 8.73. The van der Waals surface area contributed by atoms with Crippen LogP contribution in [-0.4, -0.2) is 50.0 Å². The molecule has 0 radical (unpaired) electrons. The van der Waals surface area contributed by atoms with E-state index in [-0.39, 0.29) is 0 Å². The van der Waals surface area contributed by atoms with E-state index in [0.29, 0.717) is 0 Å². The van der Waals surface area contributed by atoms with Gasteiger partial charge in [-0.25, -0.2) is 26.0 Å². The maximum absolute atomic E-state index is 13.2. The number of hydrogen-bond acceptors (Lipinski definition) is 2. The molecule has 0 aromatic rings. The Morgan fingerprint density at radius 3 is 1.37 bits per heavy atom. The van der Waals surface area contributed by atoms with Crippen molar-refractivity contribution >= 4 is 19.7 Å². The fourth-order valence-corrected chi connectivity index (χ4v) is 2.42. The van der Waals surface area contributed by atoms with E-state index in [2.05, 4.69) is 10.7 Å². The Kier molecular flexibility index (Phi) is 7.12. The fraction of sp³-hybridized carbons (Fsp3) is 1.00. The Morgan fingerprint density at radius 2 is 1.04 bits per heavy atom. The molecule has 0 heterocycles. The Labute approximate surface area is 147 Å². The van der Waals surface area contributed by atoms with Gasteiger partial charge in [-0.3, -0.25) is 0 Å². The minimum atomic E-state index is -7.45. The molecule has 17 heteroatoms. The number of halogens is 14. The van der Waals surface area contributed by atoms with Crippen LogP contribution in [0.1, 0.15) is 19.3 Å². The van der Waals surface area contributed by atoms with E-state index in [1.807, 2.05) is 0 Å². The highest BCUT2D eigenvalue weighted by atomic mass is 35.7. The zero-order valence-electron chi connectivity index (χ0n) is 12.3. The molecular weight excluding hydrogens is 467 g/mol. The van der Waals surface area contributed by atoms with Crippen molar-refractivity contribution < 1.29 is 65.5 Å². The van der Waals surface area contributed by atoms with Gasteiger partial charge in [-0.2, -0.15) is 39.5 Å². The molecule has 0 unspecified atom stereocenters. The van der Waals surface area contributed by atoms with Gasteiger partial charge in [0.1, 0.15) is 0 Å². The van der Waals surface area contributed by atoms with Gasteiger partial charge in [-0.15, -0.1) is 0 Å². The Hall–Kier alpha value is -0.670. The van der Waals surface area contributed by atoms with Gasteiger partial charge in [-0.1, -0.05) is 0 Å². The third kappa shape index (κ3) is 6.71. The average Bonchev–Trinajstić information content (AvgIpc) is 2.31. The normalized spacial score (nSPS) is 15.9. The first kappa shape index (κ1) is 26.3. The van der Waals surface area contributed by atoms with E-state index >= 15 is 0 Å². The zero-order chi connectivity index (χ0) is 22.3. The molecule has 0 rings (SSSR count). The van der Waals surface area contributed by atoms with Gasteiger partial charge >= 0.3 is 23.9 Å². The Bertz CT molecular complexity index is 625. The summed E-state index contributed by atoms with van der Waals surface area (Å²) in [5.41, 5.74) is 0. The molecule has 0 bridgehead atoms. The molecule has 0 aliphatic rings. The smallest absolute Gasteiger partial charge is 0.212 e. The van der Waals surface area contributed by atoms with Crippen molar-refractivity contribution in [3.05, 3.63) is 0 Å². The summed E-state index contributed by atoms with van der Waals surface area (Å²) in [6.07, 6.45) is -16.1. The van der Waals surface area contributed by atoms with Gasteiger partial charge in [0, 0.05) is 17.1 Å². The molecule has 0 aromatic carbocycles. The predicted octanol–water partition coefficient (Wildman–Crippen LogP) is 5.46. The highest BCUT2D eigenvalue weighted by molar-refractivity contribution is 8.13. The summed E-state index contributed by atoms with van der Waals surface area (Å²) in [7, 11) is -0.140. The topological polar surface area (TPSA) is 34.1 Å². The SMILES string of the molecule is O=S(=O)(Cl)CCC(F)(F)CC(F)(F)CC(F)(F)C(F)(F)C(F)(F)C(F)(F)F. The number of alkyl halides is 13. The minimum absolute atomic E-state index is 1.64. The van der Waals surface area contributed by atoms with Gasteiger partial charge in [0.25, 0.3) is 11.8 Å². The third-order valence-electron chi connectivity index (χ3n) is 2.92. The van der Waals surface area contributed by atoms with Crippen LogP contribution in [0.4, 0.5) is 57.1 Å². The second-order valence-corrected chi connectivity index (χ2v) is 8.31. The van der Waals surface area contributed by atoms with E-state index in [0.717, 1.165) is 0 Å². The zero-order valence-corrected chi connectivity index (χ0v) is 13.9. The molecule has 0 aliphatic carbocycles. The summed E-state index contributed by atoms with van der Waals surface area (Å²) in [6.45, 7) is 0. The van der Waals surface area contributed by atoms with Crippen molar-refractivity contribution in [1.82, 2.24) is 0 Å². The van der Waals surface area contributed by atoms with Crippen molar-refractivity contribution in [2.24, 2.45) is 0 Å². The van der Waals surface area contributed by atoms with Crippen LogP contribution < -0.4 is 0 Å². The first-order chi connectivity index (χ1) is 11.4. The first-order valence-electron chi connectivity index (χ1n) is 6.25. The van der Waals surface area contributed by atoms with Gasteiger partial charge < -0.3 is 0 Å². The highest BCUT2D eigenvalue weighted by Crippen LogP contribution is 2.56. The lowest BCUT2D eigenvalue weighted by Crippen LogP contribution is -2.62. The van der Waals surface area contributed by atoms with Crippen molar-refractivity contribution in [3.63, 3.8) is 0 Å². The van der Waals surface area contributed by atoms with Crippen molar-refractivity contribution in [1.29, 1.82) is 0 Å². The maximum Gasteiger partial charge on any atom is 0.460 e. The summed E-state index contributed by atoms with van der Waals surface area (Å²) in [5.74, 6) is -33.6. The summed E-state index contributed by atoms with van der Waals surface area (Å²) >= 11 is 0. The largest absolute Gasteiger partial charge is 0.460 e. The van der Waals surface area contributed by atoms with Crippen molar-refractivity contribution in [3.8, 4) is 0 Å². The lowest BCUT2D eigenvalue weighted by atomic mass is 9.94.